The van der Waals surface area contributed by atoms with E-state index in [0.717, 1.165) is 10.7 Å². The number of nitrogens with two attached hydrogens (primary N) is 1. The number of cyclic esters (lactones) is 1. The third-order valence-corrected chi connectivity index (χ3v) is 2.51. The highest BCUT2D eigenvalue weighted by Crippen LogP contribution is 2.14. The first-order valence-corrected chi connectivity index (χ1v) is 5.09. The zero-order valence-corrected chi connectivity index (χ0v) is 9.00. The first-order valence-electron chi connectivity index (χ1n) is 5.09. The second kappa shape index (κ2) is 4.79. The fourth-order valence-corrected chi connectivity index (χ4v) is 1.65. The van der Waals surface area contributed by atoms with Gasteiger partial charge in [0.25, 0.3) is 0 Å². The molecule has 1 saturated heterocycles. The van der Waals surface area contributed by atoms with E-state index in [1.165, 1.54) is 0 Å². The summed E-state index contributed by atoms with van der Waals surface area (Å²) in [4.78, 5) is 21.0. The molecule has 1 atom stereocenters. The van der Waals surface area contributed by atoms with Gasteiger partial charge in [0, 0.05) is 0 Å². The van der Waals surface area contributed by atoms with Crippen LogP contribution >= 0.6 is 0 Å². The molecule has 0 aromatic heterocycles. The maximum Gasteiger partial charge on any atom is 0.407 e. The molecule has 1 amide bonds. The predicted octanol–water partition coefficient (Wildman–Crippen LogP) is 0.699. The van der Waals surface area contributed by atoms with Gasteiger partial charge in [0.15, 0.2) is 0 Å². The van der Waals surface area contributed by atoms with Crippen molar-refractivity contribution in [1.29, 1.82) is 0 Å². The molecule has 0 spiro atoms. The van der Waals surface area contributed by atoms with Gasteiger partial charge >= 0.3 is 6.09 Å². The summed E-state index contributed by atoms with van der Waals surface area (Å²) in [7, 11) is 0. The van der Waals surface area contributed by atoms with Crippen molar-refractivity contribution >= 4 is 11.8 Å². The lowest BCUT2D eigenvalue weighted by atomic mass is 10.1. The highest BCUT2D eigenvalue weighted by atomic mass is 16.6. The van der Waals surface area contributed by atoms with Crippen molar-refractivity contribution in [3.05, 3.63) is 34.7 Å². The maximum absolute atomic E-state index is 10.8. The van der Waals surface area contributed by atoms with Crippen LogP contribution in [0.2, 0.25) is 0 Å². The van der Waals surface area contributed by atoms with E-state index in [-0.39, 0.29) is 12.1 Å². The Labute approximate surface area is 97.4 Å². The molecule has 1 aliphatic rings. The first kappa shape index (κ1) is 11.3. The molecule has 1 fully saturated rings. The van der Waals surface area contributed by atoms with Gasteiger partial charge in [0.1, 0.15) is 6.61 Å². The molecular weight excluding hydrogens is 224 g/mol. The van der Waals surface area contributed by atoms with E-state index in [4.69, 9.17) is 10.6 Å². The van der Waals surface area contributed by atoms with Crippen LogP contribution in [0.15, 0.2) is 29.6 Å². The van der Waals surface area contributed by atoms with Gasteiger partial charge in [-0.15, -0.1) is 4.91 Å². The average Bonchev–Trinajstić information content (AvgIpc) is 2.75. The summed E-state index contributed by atoms with van der Waals surface area (Å²) in [5.41, 5.74) is 1.53. The summed E-state index contributed by atoms with van der Waals surface area (Å²) in [5, 5.41) is 6.03. The van der Waals surface area contributed by atoms with Crippen LogP contribution in [-0.4, -0.2) is 18.7 Å². The van der Waals surface area contributed by atoms with E-state index < -0.39 is 0 Å². The van der Waals surface area contributed by atoms with Crippen molar-refractivity contribution in [3.63, 3.8) is 0 Å². The van der Waals surface area contributed by atoms with E-state index in [2.05, 4.69) is 10.6 Å². The number of amides is 1. The fourth-order valence-electron chi connectivity index (χ4n) is 1.65. The van der Waals surface area contributed by atoms with Gasteiger partial charge in [0.2, 0.25) is 0 Å². The minimum Gasteiger partial charge on any atom is -0.447 e. The first-order chi connectivity index (χ1) is 8.19. The Balaban J connectivity index is 1.98. The molecule has 2 rings (SSSR count). The van der Waals surface area contributed by atoms with Gasteiger partial charge in [-0.05, 0) is 24.1 Å². The van der Waals surface area contributed by atoms with Crippen molar-refractivity contribution in [2.45, 2.75) is 12.5 Å². The van der Waals surface area contributed by atoms with Crippen molar-refractivity contribution in [3.8, 4) is 0 Å². The number of carbonyl (C=O) groups is 1. The number of hydrogen-bond donors (Lipinski definition) is 2. The van der Waals surface area contributed by atoms with Crippen LogP contribution in [-0.2, 0) is 11.2 Å². The predicted molar refractivity (Wildman–Crippen MR) is 60.9 cm³/mol. The topological polar surface area (TPSA) is 97.0 Å². The number of hydrogen-bond acceptors (Lipinski definition) is 5. The van der Waals surface area contributed by atoms with Crippen LogP contribution in [0, 0.1) is 4.91 Å². The number of alkyl carbamates (subject to hydrolysis) is 1. The highest BCUT2D eigenvalue weighted by Gasteiger charge is 2.22. The average molecular weight is 236 g/mol. The molecule has 0 unspecified atom stereocenters. The number of anilines is 1. The summed E-state index contributed by atoms with van der Waals surface area (Å²) in [6.45, 7) is 0.374. The Bertz CT molecular complexity index is 420. The van der Waals surface area contributed by atoms with Gasteiger partial charge in [0.05, 0.1) is 17.0 Å². The lowest BCUT2D eigenvalue weighted by Crippen LogP contribution is -2.28. The second-order valence-corrected chi connectivity index (χ2v) is 3.74. The Morgan fingerprint density at radius 3 is 2.71 bits per heavy atom. The number of rotatable bonds is 4. The molecule has 0 radical (unpaired) electrons. The molecule has 7 heteroatoms. The normalized spacial score (nSPS) is 18.4. The summed E-state index contributed by atoms with van der Waals surface area (Å²) >= 11 is 0. The van der Waals surface area contributed by atoms with Crippen LogP contribution in [0.4, 0.5) is 10.5 Å². The molecule has 1 heterocycles. The molecule has 7 nitrogen and oxygen atoms in total. The summed E-state index contributed by atoms with van der Waals surface area (Å²) in [6, 6.07) is 7.02. The number of nitrogens with one attached hydrogen (secondary N) is 1. The second-order valence-electron chi connectivity index (χ2n) is 3.74. The molecule has 0 aliphatic carbocycles. The minimum atomic E-state index is -0.384. The Morgan fingerprint density at radius 2 is 2.18 bits per heavy atom. The van der Waals surface area contributed by atoms with Crippen LogP contribution < -0.4 is 16.3 Å². The fraction of sp³-hybridized carbons (Fsp3) is 0.300. The van der Waals surface area contributed by atoms with Crippen molar-refractivity contribution in [2.24, 2.45) is 11.1 Å². The number of carbonyl (C=O) groups excluding carboxylic acids is 1. The van der Waals surface area contributed by atoms with E-state index >= 15 is 0 Å². The smallest absolute Gasteiger partial charge is 0.407 e. The summed E-state index contributed by atoms with van der Waals surface area (Å²) in [6.07, 6.45) is 0.287. The van der Waals surface area contributed by atoms with E-state index in [0.29, 0.717) is 18.7 Å². The molecule has 90 valence electrons. The largest absolute Gasteiger partial charge is 0.447 e. The Kier molecular flexibility index (Phi) is 3.20. The monoisotopic (exact) mass is 236 g/mol. The molecule has 3 N–H and O–H groups in total. The SMILES string of the molecule is NN(N=O)c1ccc(C[C@H]2COC(=O)N2)cc1. The van der Waals surface area contributed by atoms with Gasteiger partial charge in [-0.3, -0.25) is 0 Å². The lowest BCUT2D eigenvalue weighted by molar-refractivity contribution is 0.177. The summed E-state index contributed by atoms with van der Waals surface area (Å²) in [5.74, 6) is 5.30. The molecule has 17 heavy (non-hydrogen) atoms. The highest BCUT2D eigenvalue weighted by molar-refractivity contribution is 5.69. The van der Waals surface area contributed by atoms with E-state index in [1.807, 2.05) is 12.1 Å². The lowest BCUT2D eigenvalue weighted by Gasteiger charge is -2.10. The van der Waals surface area contributed by atoms with Gasteiger partial charge in [-0.2, -0.15) is 5.12 Å². The maximum atomic E-state index is 10.8. The van der Waals surface area contributed by atoms with E-state index in [9.17, 15) is 9.70 Å². The van der Waals surface area contributed by atoms with Crippen LogP contribution in [0.5, 0.6) is 0 Å². The number of nitroso groups, excluding NO2 is 1. The molecule has 1 aromatic carbocycles. The minimum absolute atomic E-state index is 0.00785. The van der Waals surface area contributed by atoms with Crippen LogP contribution in [0.25, 0.3) is 0 Å². The van der Waals surface area contributed by atoms with Crippen molar-refractivity contribution in [1.82, 2.24) is 5.32 Å². The Hall–Kier alpha value is -2.15. The molecule has 0 saturated carbocycles. The molecular formula is C10H12N4O3. The summed E-state index contributed by atoms with van der Waals surface area (Å²) < 4.78 is 4.78. The van der Waals surface area contributed by atoms with Crippen molar-refractivity contribution < 1.29 is 9.53 Å². The molecule has 1 aromatic rings. The van der Waals surface area contributed by atoms with Crippen LogP contribution in [0.3, 0.4) is 0 Å². The standard InChI is InChI=1S/C10H12N4O3/c11-14(13-16)9-3-1-7(2-4-9)5-8-6-17-10(15)12-8/h1-4,8H,5-6,11H2,(H,12,15)/t8-/m0/s1. The third-order valence-electron chi connectivity index (χ3n) is 2.51. The number of benzene rings is 1. The molecule has 1 aliphatic heterocycles. The molecule has 0 bridgehead atoms. The van der Waals surface area contributed by atoms with Gasteiger partial charge in [-0.25, -0.2) is 10.6 Å². The number of nitrogens with zero attached hydrogens (tertiary/aromatic N) is 2. The van der Waals surface area contributed by atoms with E-state index in [1.54, 1.807) is 12.1 Å². The van der Waals surface area contributed by atoms with Gasteiger partial charge in [-0.1, -0.05) is 12.1 Å². The zero-order valence-electron chi connectivity index (χ0n) is 9.00. The van der Waals surface area contributed by atoms with Gasteiger partial charge < -0.3 is 10.1 Å². The quantitative estimate of drug-likeness (QED) is 0.455. The number of hydrazine groups is 1. The van der Waals surface area contributed by atoms with Crippen molar-refractivity contribution in [2.75, 3.05) is 11.7 Å². The van der Waals surface area contributed by atoms with Crippen LogP contribution in [0.1, 0.15) is 5.56 Å². The third kappa shape index (κ3) is 2.70. The number of ether oxygens (including phenoxy) is 1. The zero-order chi connectivity index (χ0) is 12.3. The Morgan fingerprint density at radius 1 is 1.47 bits per heavy atom.